The zero-order valence-electron chi connectivity index (χ0n) is 8.88. The van der Waals surface area contributed by atoms with Gasteiger partial charge in [-0.15, -0.1) is 0 Å². The lowest BCUT2D eigenvalue weighted by Crippen LogP contribution is -2.42. The molecule has 0 bridgehead atoms. The number of carbonyl (C=O) groups is 2. The van der Waals surface area contributed by atoms with Crippen LogP contribution >= 0.6 is 0 Å². The Morgan fingerprint density at radius 1 is 1.57 bits per heavy atom. The summed E-state index contributed by atoms with van der Waals surface area (Å²) < 4.78 is 0. The van der Waals surface area contributed by atoms with Crippen molar-refractivity contribution in [1.82, 2.24) is 10.4 Å². The van der Waals surface area contributed by atoms with Crippen LogP contribution < -0.4 is 5.43 Å². The molecule has 1 aliphatic heterocycles. The molecule has 0 radical (unpaired) electrons. The van der Waals surface area contributed by atoms with Crippen LogP contribution in [0.1, 0.15) is 39.5 Å². The fourth-order valence-corrected chi connectivity index (χ4v) is 1.72. The van der Waals surface area contributed by atoms with E-state index in [2.05, 4.69) is 12.3 Å². The van der Waals surface area contributed by atoms with Gasteiger partial charge in [-0.1, -0.05) is 20.3 Å². The number of hydrogen-bond acceptors (Lipinski definition) is 2. The molecule has 1 fully saturated rings. The smallest absolute Gasteiger partial charge is 0.241 e. The summed E-state index contributed by atoms with van der Waals surface area (Å²) in [6.07, 6.45) is 3.15. The van der Waals surface area contributed by atoms with Crippen molar-refractivity contribution >= 4 is 11.8 Å². The van der Waals surface area contributed by atoms with Crippen LogP contribution in [0.3, 0.4) is 0 Å². The molecule has 1 aliphatic rings. The van der Waals surface area contributed by atoms with Crippen molar-refractivity contribution in [3.63, 3.8) is 0 Å². The first-order chi connectivity index (χ1) is 6.67. The lowest BCUT2D eigenvalue weighted by molar-refractivity contribution is -0.138. The molecule has 4 nitrogen and oxygen atoms in total. The van der Waals surface area contributed by atoms with Crippen molar-refractivity contribution in [2.24, 2.45) is 5.92 Å². The fourth-order valence-electron chi connectivity index (χ4n) is 1.72. The maximum absolute atomic E-state index is 11.4. The summed E-state index contributed by atoms with van der Waals surface area (Å²) >= 11 is 0. The van der Waals surface area contributed by atoms with Crippen LogP contribution in [0, 0.1) is 5.92 Å². The SMILES string of the molecule is CCCC1CC(=O)N(NC(=O)CC)C1. The van der Waals surface area contributed by atoms with Crippen LogP contribution in [-0.4, -0.2) is 23.4 Å². The Kier molecular flexibility index (Phi) is 3.92. The second-order valence-corrected chi connectivity index (χ2v) is 3.75. The van der Waals surface area contributed by atoms with Crippen LogP contribution in [-0.2, 0) is 9.59 Å². The van der Waals surface area contributed by atoms with Gasteiger partial charge in [-0.2, -0.15) is 0 Å². The van der Waals surface area contributed by atoms with Gasteiger partial charge in [0.25, 0.3) is 0 Å². The minimum atomic E-state index is -0.0875. The first-order valence-corrected chi connectivity index (χ1v) is 5.27. The number of amides is 2. The fraction of sp³-hybridized carbons (Fsp3) is 0.800. The first-order valence-electron chi connectivity index (χ1n) is 5.27. The van der Waals surface area contributed by atoms with Crippen molar-refractivity contribution in [2.45, 2.75) is 39.5 Å². The largest absolute Gasteiger partial charge is 0.273 e. The van der Waals surface area contributed by atoms with E-state index in [1.807, 2.05) is 0 Å². The Labute approximate surface area is 84.6 Å². The summed E-state index contributed by atoms with van der Waals surface area (Å²) in [5, 5.41) is 1.46. The van der Waals surface area contributed by atoms with E-state index in [1.165, 1.54) is 5.01 Å². The van der Waals surface area contributed by atoms with E-state index in [0.29, 0.717) is 25.3 Å². The maximum atomic E-state index is 11.4. The van der Waals surface area contributed by atoms with Crippen LogP contribution in [0.4, 0.5) is 0 Å². The van der Waals surface area contributed by atoms with Crippen LogP contribution in [0.2, 0.25) is 0 Å². The number of hydrazine groups is 1. The Hall–Kier alpha value is -1.06. The second-order valence-electron chi connectivity index (χ2n) is 3.75. The van der Waals surface area contributed by atoms with Crippen molar-refractivity contribution < 1.29 is 9.59 Å². The third-order valence-electron chi connectivity index (χ3n) is 2.48. The molecule has 0 aromatic rings. The molecule has 1 rings (SSSR count). The van der Waals surface area contributed by atoms with E-state index in [-0.39, 0.29) is 11.8 Å². The van der Waals surface area contributed by atoms with Crippen LogP contribution in [0.5, 0.6) is 0 Å². The highest BCUT2D eigenvalue weighted by Crippen LogP contribution is 2.20. The van der Waals surface area contributed by atoms with Gasteiger partial charge < -0.3 is 0 Å². The minimum Gasteiger partial charge on any atom is -0.273 e. The molecular formula is C10H18N2O2. The summed E-state index contributed by atoms with van der Waals surface area (Å²) in [7, 11) is 0. The van der Waals surface area contributed by atoms with Crippen LogP contribution in [0.15, 0.2) is 0 Å². The zero-order valence-corrected chi connectivity index (χ0v) is 8.88. The molecule has 1 atom stereocenters. The predicted molar refractivity (Wildman–Crippen MR) is 53.2 cm³/mol. The molecule has 0 spiro atoms. The standard InChI is InChI=1S/C10H18N2O2/c1-3-5-8-6-10(14)12(7-8)11-9(13)4-2/h8H,3-7H2,1-2H3,(H,11,13). The van der Waals surface area contributed by atoms with Crippen LogP contribution in [0.25, 0.3) is 0 Å². The summed E-state index contributed by atoms with van der Waals surface area (Å²) in [6, 6.07) is 0. The zero-order chi connectivity index (χ0) is 10.6. The summed E-state index contributed by atoms with van der Waals surface area (Å²) in [6.45, 7) is 4.57. The van der Waals surface area contributed by atoms with Gasteiger partial charge in [0.15, 0.2) is 0 Å². The quantitative estimate of drug-likeness (QED) is 0.734. The number of nitrogens with one attached hydrogen (secondary N) is 1. The summed E-state index contributed by atoms with van der Waals surface area (Å²) in [5.74, 6) is 0.380. The average Bonchev–Trinajstić information content (AvgIpc) is 2.47. The second kappa shape index (κ2) is 4.98. The first kappa shape index (κ1) is 11.0. The van der Waals surface area contributed by atoms with Gasteiger partial charge in [-0.25, -0.2) is 0 Å². The minimum absolute atomic E-state index is 0.0465. The van der Waals surface area contributed by atoms with Gasteiger partial charge in [-0.05, 0) is 12.3 Å². The van der Waals surface area contributed by atoms with Gasteiger partial charge in [-0.3, -0.25) is 20.0 Å². The average molecular weight is 198 g/mol. The normalized spacial score (nSPS) is 21.4. The van der Waals surface area contributed by atoms with Gasteiger partial charge >= 0.3 is 0 Å². The highest BCUT2D eigenvalue weighted by molar-refractivity contribution is 5.83. The molecule has 4 heteroatoms. The molecule has 14 heavy (non-hydrogen) atoms. The third kappa shape index (κ3) is 2.72. The highest BCUT2D eigenvalue weighted by Gasteiger charge is 2.29. The number of carbonyl (C=O) groups excluding carboxylic acids is 2. The molecule has 1 saturated heterocycles. The number of rotatable bonds is 4. The molecule has 2 amide bonds. The maximum Gasteiger partial charge on any atom is 0.241 e. The summed E-state index contributed by atoms with van der Waals surface area (Å²) in [5.41, 5.74) is 2.61. The third-order valence-corrected chi connectivity index (χ3v) is 2.48. The Bertz CT molecular complexity index is 228. The molecule has 0 aromatic carbocycles. The van der Waals surface area contributed by atoms with E-state index in [9.17, 15) is 9.59 Å². The molecule has 0 aliphatic carbocycles. The molecule has 80 valence electrons. The Morgan fingerprint density at radius 3 is 2.86 bits per heavy atom. The lowest BCUT2D eigenvalue weighted by atomic mass is 10.0. The predicted octanol–water partition coefficient (Wildman–Crippen LogP) is 1.08. The van der Waals surface area contributed by atoms with E-state index in [1.54, 1.807) is 6.92 Å². The molecule has 1 unspecified atom stereocenters. The summed E-state index contributed by atoms with van der Waals surface area (Å²) in [4.78, 5) is 22.5. The highest BCUT2D eigenvalue weighted by atomic mass is 16.2. The van der Waals surface area contributed by atoms with Gasteiger partial charge in [0.05, 0.1) is 0 Å². The lowest BCUT2D eigenvalue weighted by Gasteiger charge is -2.16. The van der Waals surface area contributed by atoms with E-state index < -0.39 is 0 Å². The number of nitrogens with zero attached hydrogens (tertiary/aromatic N) is 1. The molecule has 0 saturated carbocycles. The number of hydrogen-bond donors (Lipinski definition) is 1. The van der Waals surface area contributed by atoms with Gasteiger partial charge in [0.1, 0.15) is 0 Å². The topological polar surface area (TPSA) is 49.4 Å². The molecular weight excluding hydrogens is 180 g/mol. The van der Waals surface area contributed by atoms with E-state index >= 15 is 0 Å². The Morgan fingerprint density at radius 2 is 2.29 bits per heavy atom. The van der Waals surface area contributed by atoms with E-state index in [0.717, 1.165) is 12.8 Å². The molecule has 1 N–H and O–H groups in total. The molecule has 1 heterocycles. The van der Waals surface area contributed by atoms with Gasteiger partial charge in [0.2, 0.25) is 11.8 Å². The Balaban J connectivity index is 2.40. The van der Waals surface area contributed by atoms with Crippen molar-refractivity contribution in [3.05, 3.63) is 0 Å². The van der Waals surface area contributed by atoms with Crippen molar-refractivity contribution in [1.29, 1.82) is 0 Å². The monoisotopic (exact) mass is 198 g/mol. The van der Waals surface area contributed by atoms with E-state index in [4.69, 9.17) is 0 Å². The van der Waals surface area contributed by atoms with Crippen molar-refractivity contribution in [3.8, 4) is 0 Å². The molecule has 0 aromatic heterocycles. The van der Waals surface area contributed by atoms with Gasteiger partial charge in [0, 0.05) is 19.4 Å². The van der Waals surface area contributed by atoms with Crippen molar-refractivity contribution in [2.75, 3.05) is 6.54 Å².